The summed E-state index contributed by atoms with van der Waals surface area (Å²) >= 11 is 0. The molecule has 0 heterocycles. The summed E-state index contributed by atoms with van der Waals surface area (Å²) in [5, 5.41) is 0. The molecule has 0 rings (SSSR count). The first-order chi connectivity index (χ1) is 2.00. The summed E-state index contributed by atoms with van der Waals surface area (Å²) in [7, 11) is -4.67. The number of hydrogen-bond acceptors (Lipinski definition) is 3. The molecule has 0 aromatic heterocycles. The summed E-state index contributed by atoms with van der Waals surface area (Å²) in [6.07, 6.45) is 0. The Morgan fingerprint density at radius 1 is 1.14 bits per heavy atom. The number of rotatable bonds is 0. The predicted molar refractivity (Wildman–Crippen MR) is 27.7 cm³/mol. The maximum atomic E-state index is 8.74. The molecule has 0 fully saturated rings. The summed E-state index contributed by atoms with van der Waals surface area (Å²) in [6, 6.07) is 0. The monoisotopic (exact) mass is 157 g/mol. The van der Waals surface area contributed by atoms with Crippen molar-refractivity contribution in [2.45, 2.75) is 0 Å². The zero-order valence-electron chi connectivity index (χ0n) is 2.83. The Morgan fingerprint density at radius 2 is 1.14 bits per heavy atom. The summed E-state index contributed by atoms with van der Waals surface area (Å²) in [5.41, 5.74) is 0. The van der Waals surface area contributed by atoms with Gasteiger partial charge >= 0.3 is 48.1 Å². The van der Waals surface area contributed by atoms with Crippen LogP contribution in [0.4, 0.5) is 0 Å². The first-order valence-electron chi connectivity index (χ1n) is 0.698. The predicted octanol–water partition coefficient (Wildman–Crippen LogP) is -1.41. The third-order valence-corrected chi connectivity index (χ3v) is 0. The molecule has 0 aliphatic carbocycles. The molecule has 0 aromatic rings. The van der Waals surface area contributed by atoms with Crippen molar-refractivity contribution >= 4 is 48.1 Å². The summed E-state index contributed by atoms with van der Waals surface area (Å²) < 4.78 is 31.6. The molecule has 0 saturated carbocycles. The second-order valence-electron chi connectivity index (χ2n) is 0.448. The Bertz CT molecular complexity index is 94.9. The van der Waals surface area contributed by atoms with Crippen molar-refractivity contribution < 1.29 is 17.5 Å². The van der Waals surface area contributed by atoms with Crippen LogP contribution in [0, 0.1) is 0 Å². The van der Waals surface area contributed by atoms with E-state index in [-0.39, 0.29) is 43.9 Å². The van der Waals surface area contributed by atoms with Crippen molar-refractivity contribution in [3.63, 3.8) is 0 Å². The van der Waals surface area contributed by atoms with E-state index in [1.54, 1.807) is 0 Å². The normalized spacial score (nSPS) is 8.29. The van der Waals surface area contributed by atoms with Gasteiger partial charge in [-0.25, -0.2) is 0 Å². The third kappa shape index (κ3) is 155. The van der Waals surface area contributed by atoms with Crippen LogP contribution in [-0.4, -0.2) is 55.3 Å². The van der Waals surface area contributed by atoms with Crippen LogP contribution >= 0.6 is 0 Å². The SMILES string of the molecule is N.O=S(=O)(O)O.[CaH2]. The van der Waals surface area contributed by atoms with Crippen molar-refractivity contribution in [2.75, 3.05) is 0 Å². The minimum atomic E-state index is -4.67. The van der Waals surface area contributed by atoms with Gasteiger partial charge in [-0.2, -0.15) is 8.42 Å². The van der Waals surface area contributed by atoms with Gasteiger partial charge in [-0.15, -0.1) is 0 Å². The molecule has 5 nitrogen and oxygen atoms in total. The Balaban J connectivity index is -0.0000000800. The van der Waals surface area contributed by atoms with E-state index in [4.69, 9.17) is 17.5 Å². The van der Waals surface area contributed by atoms with Crippen LogP contribution in [0.1, 0.15) is 0 Å². The van der Waals surface area contributed by atoms with Gasteiger partial charge in [0.25, 0.3) is 0 Å². The first-order valence-corrected chi connectivity index (χ1v) is 2.10. The van der Waals surface area contributed by atoms with E-state index >= 15 is 0 Å². The zero-order chi connectivity index (χ0) is 4.50. The average Bonchev–Trinajstić information content (AvgIpc) is 0.722. The third-order valence-electron chi connectivity index (χ3n) is 0. The van der Waals surface area contributed by atoms with Crippen molar-refractivity contribution in [3.05, 3.63) is 0 Å². The zero-order valence-corrected chi connectivity index (χ0v) is 3.64. The fourth-order valence-electron chi connectivity index (χ4n) is 0. The molecule has 0 atom stereocenters. The van der Waals surface area contributed by atoms with Crippen LogP contribution in [0.15, 0.2) is 0 Å². The molecule has 0 bridgehead atoms. The molecule has 0 aliphatic rings. The molecule has 7 heavy (non-hydrogen) atoms. The standard InChI is InChI=1S/Ca.H3N.H2O4S.2H/c;;1-5(2,3)4;;/h;1H3;(H2,1,2,3,4);;. The fraction of sp³-hybridized carbons (Fsp3) is 0. The van der Waals surface area contributed by atoms with Crippen molar-refractivity contribution in [2.24, 2.45) is 0 Å². The Labute approximate surface area is 71.3 Å². The van der Waals surface area contributed by atoms with Gasteiger partial charge in [-0.3, -0.25) is 9.11 Å². The van der Waals surface area contributed by atoms with Gasteiger partial charge in [-0.05, 0) is 0 Å². The summed E-state index contributed by atoms with van der Waals surface area (Å²) in [4.78, 5) is 0. The van der Waals surface area contributed by atoms with Gasteiger partial charge < -0.3 is 6.15 Å². The van der Waals surface area contributed by atoms with Gasteiger partial charge in [0.2, 0.25) is 0 Å². The average molecular weight is 157 g/mol. The summed E-state index contributed by atoms with van der Waals surface area (Å²) in [6.45, 7) is 0. The molecular weight excluding hydrogens is 150 g/mol. The quantitative estimate of drug-likeness (QED) is 0.296. The van der Waals surface area contributed by atoms with Crippen LogP contribution in [0.2, 0.25) is 0 Å². The molecule has 0 amide bonds. The summed E-state index contributed by atoms with van der Waals surface area (Å²) in [5.74, 6) is 0. The van der Waals surface area contributed by atoms with Crippen molar-refractivity contribution in [1.29, 1.82) is 0 Å². The Hall–Kier alpha value is 1.09. The molecule has 44 valence electrons. The topological polar surface area (TPSA) is 110 Å². The second kappa shape index (κ2) is 5.23. The van der Waals surface area contributed by atoms with E-state index in [2.05, 4.69) is 0 Å². The molecular formula is H7CaNO4S. The van der Waals surface area contributed by atoms with Gasteiger partial charge in [0.15, 0.2) is 0 Å². The fourth-order valence-corrected chi connectivity index (χ4v) is 0. The maximum absolute atomic E-state index is 8.74. The molecule has 0 radical (unpaired) electrons. The van der Waals surface area contributed by atoms with Gasteiger partial charge in [0, 0.05) is 0 Å². The Kier molecular flexibility index (Phi) is 11.7. The van der Waals surface area contributed by atoms with E-state index < -0.39 is 10.4 Å². The molecule has 7 heteroatoms. The molecule has 0 spiro atoms. The van der Waals surface area contributed by atoms with E-state index in [0.29, 0.717) is 0 Å². The van der Waals surface area contributed by atoms with E-state index in [0.717, 1.165) is 0 Å². The molecule has 0 unspecified atom stereocenters. The van der Waals surface area contributed by atoms with Crippen LogP contribution in [0.25, 0.3) is 0 Å². The van der Waals surface area contributed by atoms with E-state index in [1.807, 2.05) is 0 Å². The van der Waals surface area contributed by atoms with Gasteiger partial charge in [-0.1, -0.05) is 0 Å². The van der Waals surface area contributed by atoms with E-state index in [9.17, 15) is 0 Å². The molecule has 0 aromatic carbocycles. The van der Waals surface area contributed by atoms with Gasteiger partial charge in [0.1, 0.15) is 0 Å². The Morgan fingerprint density at radius 3 is 1.14 bits per heavy atom. The van der Waals surface area contributed by atoms with Crippen LogP contribution in [0.3, 0.4) is 0 Å². The van der Waals surface area contributed by atoms with Gasteiger partial charge in [0.05, 0.1) is 0 Å². The van der Waals surface area contributed by atoms with Crippen LogP contribution < -0.4 is 6.15 Å². The molecule has 5 N–H and O–H groups in total. The minimum absolute atomic E-state index is 0. The number of hydrogen-bond donors (Lipinski definition) is 3. The van der Waals surface area contributed by atoms with Crippen molar-refractivity contribution in [3.8, 4) is 0 Å². The second-order valence-corrected chi connectivity index (χ2v) is 1.34. The first kappa shape index (κ1) is 15.7. The van der Waals surface area contributed by atoms with Crippen LogP contribution in [0.5, 0.6) is 0 Å². The molecule has 0 saturated heterocycles. The van der Waals surface area contributed by atoms with Crippen LogP contribution in [-0.2, 0) is 10.4 Å². The van der Waals surface area contributed by atoms with E-state index in [1.165, 1.54) is 0 Å². The van der Waals surface area contributed by atoms with Crippen molar-refractivity contribution in [1.82, 2.24) is 6.15 Å². The molecule has 0 aliphatic heterocycles.